The number of amides is 3. The zero-order valence-corrected chi connectivity index (χ0v) is 20.6. The lowest BCUT2D eigenvalue weighted by atomic mass is 9.66. The van der Waals surface area contributed by atoms with Gasteiger partial charge in [0.2, 0.25) is 17.7 Å². The van der Waals surface area contributed by atoms with Gasteiger partial charge < -0.3 is 25.4 Å². The molecule has 0 aromatic heterocycles. The molecular formula is C26H37N3O5. The predicted molar refractivity (Wildman–Crippen MR) is 128 cm³/mol. The van der Waals surface area contributed by atoms with Gasteiger partial charge in [-0.15, -0.1) is 0 Å². The average molecular weight is 472 g/mol. The first-order valence-corrected chi connectivity index (χ1v) is 12.3. The summed E-state index contributed by atoms with van der Waals surface area (Å²) >= 11 is 0. The Balaban J connectivity index is 1.67. The summed E-state index contributed by atoms with van der Waals surface area (Å²) in [5, 5.41) is 15.1. The second kappa shape index (κ2) is 8.96. The first-order valence-electron chi connectivity index (χ1n) is 12.3. The standard InChI is InChI=1S/C26H37N3O5/c1-24(2,3)28-22(32)20-26-14-13-25(4,34-26)18(21(31)27-17-11-7-5-8-12-17)19(26)23(33)29(20)15-9-6-10-16-30/h5,7-8,11-12,18-20,30H,6,9-10,13-16H2,1-4H3,(H,27,31)(H,28,32)/t18-,19-,20?,25+,26?/m0/s1. The lowest BCUT2D eigenvalue weighted by Crippen LogP contribution is -2.58. The molecule has 186 valence electrons. The minimum Gasteiger partial charge on any atom is -0.396 e. The van der Waals surface area contributed by atoms with E-state index in [1.807, 2.05) is 58.0 Å². The van der Waals surface area contributed by atoms with Gasteiger partial charge >= 0.3 is 0 Å². The summed E-state index contributed by atoms with van der Waals surface area (Å²) in [4.78, 5) is 42.6. The second-order valence-electron chi connectivity index (χ2n) is 11.1. The van der Waals surface area contributed by atoms with Gasteiger partial charge in [-0.25, -0.2) is 0 Å². The van der Waals surface area contributed by atoms with Crippen LogP contribution in [0.5, 0.6) is 0 Å². The summed E-state index contributed by atoms with van der Waals surface area (Å²) in [6.07, 6.45) is 3.24. The van der Waals surface area contributed by atoms with Gasteiger partial charge in [0.05, 0.1) is 17.4 Å². The Morgan fingerprint density at radius 3 is 2.47 bits per heavy atom. The molecule has 0 aliphatic carbocycles. The monoisotopic (exact) mass is 471 g/mol. The molecule has 3 fully saturated rings. The SMILES string of the molecule is CC(C)(C)NC(=O)C1N(CCCCCO)C(=O)[C@@H]2[C@@H](C(=O)Nc3ccccc3)[C@@]3(C)CCC12O3. The molecule has 3 heterocycles. The number of hydrogen-bond donors (Lipinski definition) is 3. The number of carbonyl (C=O) groups is 3. The number of para-hydroxylation sites is 1. The molecule has 8 heteroatoms. The quantitative estimate of drug-likeness (QED) is 0.505. The van der Waals surface area contributed by atoms with Gasteiger partial charge in [-0.2, -0.15) is 0 Å². The van der Waals surface area contributed by atoms with Gasteiger partial charge in [-0.05, 0) is 71.9 Å². The number of rotatable bonds is 8. The van der Waals surface area contributed by atoms with Crippen molar-refractivity contribution < 1.29 is 24.2 Å². The smallest absolute Gasteiger partial charge is 0.246 e. The lowest BCUT2D eigenvalue weighted by molar-refractivity contribution is -0.145. The molecule has 3 N–H and O–H groups in total. The van der Waals surface area contributed by atoms with Gasteiger partial charge in [0.1, 0.15) is 11.6 Å². The highest BCUT2D eigenvalue weighted by molar-refractivity contribution is 6.02. The van der Waals surface area contributed by atoms with Crippen LogP contribution in [0.25, 0.3) is 0 Å². The maximum absolute atomic E-state index is 13.9. The van der Waals surface area contributed by atoms with Crippen molar-refractivity contribution in [2.45, 2.75) is 82.6 Å². The van der Waals surface area contributed by atoms with Crippen molar-refractivity contribution in [2.24, 2.45) is 11.8 Å². The summed E-state index contributed by atoms with van der Waals surface area (Å²) in [6.45, 7) is 8.11. The van der Waals surface area contributed by atoms with Crippen LogP contribution in [0, 0.1) is 11.8 Å². The molecule has 1 aromatic carbocycles. The molecule has 1 aromatic rings. The molecule has 3 aliphatic heterocycles. The van der Waals surface area contributed by atoms with Crippen LogP contribution in [-0.4, -0.2) is 63.7 Å². The van der Waals surface area contributed by atoms with Crippen LogP contribution in [0.3, 0.4) is 0 Å². The van der Waals surface area contributed by atoms with E-state index in [9.17, 15) is 14.4 Å². The number of ether oxygens (including phenoxy) is 1. The Bertz CT molecular complexity index is 946. The minimum absolute atomic E-state index is 0.0949. The molecule has 0 saturated carbocycles. The molecule has 0 radical (unpaired) electrons. The van der Waals surface area contributed by atoms with Crippen LogP contribution in [0.15, 0.2) is 30.3 Å². The molecule has 3 amide bonds. The molecular weight excluding hydrogens is 434 g/mol. The first kappa shape index (κ1) is 24.7. The zero-order valence-electron chi connectivity index (χ0n) is 20.6. The van der Waals surface area contributed by atoms with E-state index < -0.39 is 34.6 Å². The first-order chi connectivity index (χ1) is 16.0. The number of hydrogen-bond acceptors (Lipinski definition) is 5. The molecule has 3 aliphatic rings. The molecule has 8 nitrogen and oxygen atoms in total. The maximum atomic E-state index is 13.9. The number of aliphatic hydroxyl groups excluding tert-OH is 1. The fourth-order valence-electron chi connectivity index (χ4n) is 6.12. The van der Waals surface area contributed by atoms with Gasteiger partial charge in [-0.3, -0.25) is 14.4 Å². The molecule has 5 atom stereocenters. The van der Waals surface area contributed by atoms with Crippen molar-refractivity contribution in [3.8, 4) is 0 Å². The van der Waals surface area contributed by atoms with E-state index in [4.69, 9.17) is 9.84 Å². The van der Waals surface area contributed by atoms with Gasteiger partial charge in [0.25, 0.3) is 0 Å². The van der Waals surface area contributed by atoms with Crippen molar-refractivity contribution in [1.82, 2.24) is 10.2 Å². The van der Waals surface area contributed by atoms with Crippen molar-refractivity contribution in [1.29, 1.82) is 0 Å². The molecule has 4 rings (SSSR count). The third kappa shape index (κ3) is 4.22. The van der Waals surface area contributed by atoms with E-state index >= 15 is 0 Å². The lowest BCUT2D eigenvalue weighted by Gasteiger charge is -2.35. The summed E-state index contributed by atoms with van der Waals surface area (Å²) in [5.74, 6) is -2.05. The van der Waals surface area contributed by atoms with Crippen molar-refractivity contribution >= 4 is 23.4 Å². The number of nitrogens with zero attached hydrogens (tertiary/aromatic N) is 1. The largest absolute Gasteiger partial charge is 0.396 e. The number of aliphatic hydroxyl groups is 1. The second-order valence-corrected chi connectivity index (χ2v) is 11.1. The van der Waals surface area contributed by atoms with E-state index in [2.05, 4.69) is 10.6 Å². The van der Waals surface area contributed by atoms with Gasteiger partial charge in [0, 0.05) is 24.4 Å². The van der Waals surface area contributed by atoms with E-state index in [-0.39, 0.29) is 24.3 Å². The number of unbranched alkanes of at least 4 members (excludes halogenated alkanes) is 2. The van der Waals surface area contributed by atoms with Crippen LogP contribution in [0.2, 0.25) is 0 Å². The van der Waals surface area contributed by atoms with E-state index in [0.29, 0.717) is 37.9 Å². The molecule has 2 bridgehead atoms. The highest BCUT2D eigenvalue weighted by atomic mass is 16.5. The number of carbonyl (C=O) groups excluding carboxylic acids is 3. The number of nitrogens with one attached hydrogen (secondary N) is 2. The van der Waals surface area contributed by atoms with Crippen molar-refractivity contribution in [3.63, 3.8) is 0 Å². The average Bonchev–Trinajstić information content (AvgIpc) is 3.31. The Labute approximate surface area is 201 Å². The van der Waals surface area contributed by atoms with Crippen molar-refractivity contribution in [2.75, 3.05) is 18.5 Å². The predicted octanol–water partition coefficient (Wildman–Crippen LogP) is 2.47. The number of anilines is 1. The Morgan fingerprint density at radius 2 is 1.82 bits per heavy atom. The number of fused-ring (bicyclic) bond motifs is 1. The molecule has 2 unspecified atom stereocenters. The van der Waals surface area contributed by atoms with Crippen LogP contribution < -0.4 is 10.6 Å². The summed E-state index contributed by atoms with van der Waals surface area (Å²) in [6, 6.07) is 8.41. The van der Waals surface area contributed by atoms with Crippen LogP contribution in [0.4, 0.5) is 5.69 Å². The van der Waals surface area contributed by atoms with Crippen LogP contribution in [0.1, 0.15) is 59.8 Å². The minimum atomic E-state index is -1.02. The van der Waals surface area contributed by atoms with Gasteiger partial charge in [-0.1, -0.05) is 18.2 Å². The Hall–Kier alpha value is -2.45. The van der Waals surface area contributed by atoms with E-state index in [1.165, 1.54) is 0 Å². The molecule has 34 heavy (non-hydrogen) atoms. The number of benzene rings is 1. The molecule has 3 saturated heterocycles. The third-order valence-electron chi connectivity index (χ3n) is 7.40. The van der Waals surface area contributed by atoms with Gasteiger partial charge in [0.15, 0.2) is 0 Å². The molecule has 1 spiro atoms. The highest BCUT2D eigenvalue weighted by Gasteiger charge is 2.77. The third-order valence-corrected chi connectivity index (χ3v) is 7.40. The van der Waals surface area contributed by atoms with Crippen LogP contribution in [-0.2, 0) is 19.1 Å². The van der Waals surface area contributed by atoms with E-state index in [1.54, 1.807) is 4.90 Å². The topological polar surface area (TPSA) is 108 Å². The maximum Gasteiger partial charge on any atom is 0.246 e. The fraction of sp³-hybridized carbons (Fsp3) is 0.654. The van der Waals surface area contributed by atoms with E-state index in [0.717, 1.165) is 6.42 Å². The summed E-state index contributed by atoms with van der Waals surface area (Å²) in [7, 11) is 0. The van der Waals surface area contributed by atoms with Crippen molar-refractivity contribution in [3.05, 3.63) is 30.3 Å². The highest BCUT2D eigenvalue weighted by Crippen LogP contribution is 2.63. The number of likely N-dealkylation sites (tertiary alicyclic amines) is 1. The fourth-order valence-corrected chi connectivity index (χ4v) is 6.12. The zero-order chi connectivity index (χ0) is 24.7. The summed E-state index contributed by atoms with van der Waals surface area (Å²) in [5.41, 5.74) is -1.62. The Morgan fingerprint density at radius 1 is 1.12 bits per heavy atom. The normalized spacial score (nSPS) is 32.1. The van der Waals surface area contributed by atoms with Crippen LogP contribution >= 0.6 is 0 Å². The Kier molecular flexibility index (Phi) is 6.50. The summed E-state index contributed by atoms with van der Waals surface area (Å²) < 4.78 is 6.60.